The molecule has 0 bridgehead atoms. The molecule has 9 rings (SSSR count). The average molecular weight is 1040 g/mol. The van der Waals surface area contributed by atoms with Gasteiger partial charge < -0.3 is 49.0 Å². The molecule has 4 N–H and O–H groups in total. The maximum absolute atomic E-state index is 14.6. The van der Waals surface area contributed by atoms with Crippen molar-refractivity contribution in [3.8, 4) is 44.7 Å². The molecule has 0 radical (unpaired) electrons. The fourth-order valence-corrected chi connectivity index (χ4v) is 9.92. The van der Waals surface area contributed by atoms with Gasteiger partial charge in [0.25, 0.3) is 5.91 Å². The largest absolute Gasteiger partial charge is 0.491 e. The van der Waals surface area contributed by atoms with Crippen molar-refractivity contribution in [1.29, 1.82) is 0 Å². The Hall–Kier alpha value is -6.88. The third kappa shape index (κ3) is 12.4. The van der Waals surface area contributed by atoms with Gasteiger partial charge in [-0.2, -0.15) is 5.21 Å². The Kier molecular flexibility index (Phi) is 16.0. The van der Waals surface area contributed by atoms with Crippen molar-refractivity contribution in [2.45, 2.75) is 103 Å². The van der Waals surface area contributed by atoms with Crippen LogP contribution in [0.3, 0.4) is 0 Å². The molecule has 0 spiro atoms. The van der Waals surface area contributed by atoms with E-state index in [1.165, 1.54) is 16.2 Å². The minimum Gasteiger partial charge on any atom is -0.491 e. The number of nitrogens with one attached hydrogen (secondary N) is 3. The Morgan fingerprint density at radius 2 is 1.74 bits per heavy atom. The number of likely N-dealkylation sites (tertiary alicyclic amines) is 2. The van der Waals surface area contributed by atoms with Gasteiger partial charge in [0.1, 0.15) is 41.8 Å². The summed E-state index contributed by atoms with van der Waals surface area (Å²) in [6, 6.07) is 16.9. The number of halogens is 1. The molecule has 3 fully saturated rings. The number of tetrazole rings is 1. The van der Waals surface area contributed by atoms with Gasteiger partial charge in [-0.25, -0.2) is 9.37 Å². The Morgan fingerprint density at radius 1 is 0.973 bits per heavy atom. The molecule has 74 heavy (non-hydrogen) atoms. The van der Waals surface area contributed by atoms with Crippen molar-refractivity contribution in [2.75, 3.05) is 52.7 Å². The SMILES string of the molecule is Cc1ncsc1-c1ccc(CNC(=O)[C@@H]2C[C@@H](O)CN2C(=O)[C@@H](NC(=O)C2(F)CC2)C(C)(C)C)c(OCCOCCOCCC(=O)N2CCC(Oc3cccc(-c4onc5ccc(-c6nn[nH]n6)cc45)c3)CC2)c1. The van der Waals surface area contributed by atoms with E-state index < -0.39 is 47.0 Å². The number of nitrogens with zero attached hydrogens (tertiary/aromatic N) is 7. The summed E-state index contributed by atoms with van der Waals surface area (Å²) in [6.45, 7) is 9.55. The minimum atomic E-state index is -1.98. The normalized spacial score (nSPS) is 18.1. The first-order chi connectivity index (χ1) is 35.6. The lowest BCUT2D eigenvalue weighted by molar-refractivity contribution is -0.145. The first kappa shape index (κ1) is 52.0. The van der Waals surface area contributed by atoms with Gasteiger partial charge in [0.2, 0.25) is 23.5 Å². The van der Waals surface area contributed by atoms with Crippen molar-refractivity contribution in [1.82, 2.24) is 51.2 Å². The van der Waals surface area contributed by atoms with Crippen LogP contribution in [0.25, 0.3) is 44.1 Å². The molecule has 20 nitrogen and oxygen atoms in total. The van der Waals surface area contributed by atoms with Crippen LogP contribution in [-0.2, 0) is 35.2 Å². The van der Waals surface area contributed by atoms with Crippen LogP contribution in [0.4, 0.5) is 4.39 Å². The summed E-state index contributed by atoms with van der Waals surface area (Å²) in [5.41, 5.74) is 3.72. The molecule has 3 aromatic carbocycles. The van der Waals surface area contributed by atoms with E-state index >= 15 is 0 Å². The molecule has 1 aliphatic carbocycles. The topological polar surface area (TPSA) is 249 Å². The smallest absolute Gasteiger partial charge is 0.258 e. The number of aromatic nitrogens is 6. The third-order valence-electron chi connectivity index (χ3n) is 13.5. The lowest BCUT2D eigenvalue weighted by atomic mass is 9.85. The van der Waals surface area contributed by atoms with Crippen LogP contribution in [0.5, 0.6) is 11.5 Å². The molecule has 3 atom stereocenters. The molecule has 22 heteroatoms. The highest BCUT2D eigenvalue weighted by Crippen LogP contribution is 2.41. The van der Waals surface area contributed by atoms with E-state index in [0.717, 1.165) is 32.6 Å². The fourth-order valence-electron chi connectivity index (χ4n) is 9.12. The number of alkyl halides is 1. The van der Waals surface area contributed by atoms with E-state index in [9.17, 15) is 28.7 Å². The van der Waals surface area contributed by atoms with Crippen molar-refractivity contribution in [2.24, 2.45) is 5.41 Å². The summed E-state index contributed by atoms with van der Waals surface area (Å²) in [6.07, 6.45) is 0.812. The predicted octanol–water partition coefficient (Wildman–Crippen LogP) is 5.59. The molecule has 2 aliphatic heterocycles. The van der Waals surface area contributed by atoms with E-state index in [4.69, 9.17) is 23.5 Å². The van der Waals surface area contributed by atoms with Crippen LogP contribution in [0.2, 0.25) is 0 Å². The summed E-state index contributed by atoms with van der Waals surface area (Å²) in [5, 5.41) is 35.5. The second-order valence-electron chi connectivity index (χ2n) is 20.0. The van der Waals surface area contributed by atoms with Crippen LogP contribution in [0, 0.1) is 12.3 Å². The van der Waals surface area contributed by atoms with Crippen LogP contribution in [-0.4, -0.2) is 152 Å². The lowest BCUT2D eigenvalue weighted by Gasteiger charge is -2.35. The van der Waals surface area contributed by atoms with Crippen LogP contribution >= 0.6 is 11.3 Å². The first-order valence-electron chi connectivity index (χ1n) is 24.9. The summed E-state index contributed by atoms with van der Waals surface area (Å²) in [7, 11) is 0. The van der Waals surface area contributed by atoms with E-state index in [1.54, 1.807) is 26.3 Å². The number of aliphatic hydroxyl groups is 1. The third-order valence-corrected chi connectivity index (χ3v) is 14.4. The first-order valence-corrected chi connectivity index (χ1v) is 25.8. The maximum Gasteiger partial charge on any atom is 0.258 e. The summed E-state index contributed by atoms with van der Waals surface area (Å²) in [4.78, 5) is 61.9. The number of piperidine rings is 1. The Bertz CT molecular complexity index is 2930. The molecule has 0 unspecified atom stereocenters. The maximum atomic E-state index is 14.6. The zero-order valence-electron chi connectivity index (χ0n) is 41.8. The molecule has 392 valence electrons. The molecular weight excluding hydrogens is 976 g/mol. The quantitative estimate of drug-likeness (QED) is 0.0642. The van der Waals surface area contributed by atoms with Crippen molar-refractivity contribution < 1.29 is 52.1 Å². The van der Waals surface area contributed by atoms with Crippen LogP contribution < -0.4 is 20.1 Å². The lowest BCUT2D eigenvalue weighted by Crippen LogP contribution is -2.59. The van der Waals surface area contributed by atoms with Crippen molar-refractivity contribution >= 4 is 45.9 Å². The van der Waals surface area contributed by atoms with Gasteiger partial charge in [-0.15, -0.1) is 21.5 Å². The zero-order chi connectivity index (χ0) is 52.0. The van der Waals surface area contributed by atoms with Crippen molar-refractivity contribution in [3.05, 3.63) is 77.4 Å². The number of H-pyrrole nitrogens is 1. The Morgan fingerprint density at radius 3 is 2.47 bits per heavy atom. The Balaban J connectivity index is 0.697. The van der Waals surface area contributed by atoms with E-state index in [0.29, 0.717) is 66.7 Å². The number of carbonyl (C=O) groups excluding carboxylic acids is 4. The molecule has 4 amide bonds. The number of amides is 4. The molecule has 3 aliphatic rings. The highest BCUT2D eigenvalue weighted by atomic mass is 32.1. The average Bonchev–Trinajstić information content (AvgIpc) is 3.92. The molecule has 2 saturated heterocycles. The molecule has 1 saturated carbocycles. The van der Waals surface area contributed by atoms with E-state index in [2.05, 4.69) is 41.4 Å². The van der Waals surface area contributed by atoms with Crippen LogP contribution in [0.15, 0.2) is 70.7 Å². The van der Waals surface area contributed by atoms with Gasteiger partial charge >= 0.3 is 0 Å². The summed E-state index contributed by atoms with van der Waals surface area (Å²) in [5.74, 6) is 0.431. The van der Waals surface area contributed by atoms with Gasteiger partial charge in [-0.05, 0) is 72.4 Å². The molecule has 3 aromatic heterocycles. The predicted molar refractivity (Wildman–Crippen MR) is 269 cm³/mol. The number of β-amino-alcohol motifs (C(OH)–C–C–N with tert-alkyl or cyclic N) is 1. The van der Waals surface area contributed by atoms with Gasteiger partial charge in [0, 0.05) is 62.1 Å². The number of thiazole rings is 1. The summed E-state index contributed by atoms with van der Waals surface area (Å²) < 4.78 is 44.5. The molecule has 6 aromatic rings. The highest BCUT2D eigenvalue weighted by Gasteiger charge is 2.53. The number of ether oxygens (including phenoxy) is 4. The van der Waals surface area contributed by atoms with E-state index in [-0.39, 0.29) is 77.2 Å². The summed E-state index contributed by atoms with van der Waals surface area (Å²) >= 11 is 1.50. The number of hydrogen-bond acceptors (Lipinski definition) is 16. The van der Waals surface area contributed by atoms with Crippen molar-refractivity contribution in [3.63, 3.8) is 0 Å². The minimum absolute atomic E-state index is 0.00529. The zero-order valence-corrected chi connectivity index (χ0v) is 42.6. The van der Waals surface area contributed by atoms with Gasteiger partial charge in [0.15, 0.2) is 11.4 Å². The van der Waals surface area contributed by atoms with Crippen LogP contribution in [0.1, 0.15) is 70.6 Å². The van der Waals surface area contributed by atoms with Gasteiger partial charge in [0.05, 0.1) is 60.4 Å². The highest BCUT2D eigenvalue weighted by molar-refractivity contribution is 7.13. The number of aromatic amines is 1. The van der Waals surface area contributed by atoms with Gasteiger partial charge in [-0.3, -0.25) is 19.2 Å². The monoisotopic (exact) mass is 1040 g/mol. The second kappa shape index (κ2) is 22.7. The number of benzene rings is 3. The molecular formula is C52H61FN10O10S. The standard InChI is InChI=1S/C52H61FN10O10S/c1-31-45(74-30-55-31)33-8-9-35(28-54-48(66)41-27-36(64)29-63(41)49(67)46(51(2,3)4)56-50(68)52(53)15-16-52)42(26-33)71-23-22-70-21-20-69-19-14-43(65)62-17-12-37(13-18-62)72-38-7-5-6-32(24-38)44-39-25-34(47-57-60-61-58-47)10-11-40(39)59-73-44/h5-11,24-26,30,36-37,41,46,64H,12-23,27-29H2,1-4H3,(H,54,66)(H,56,68)(H,57,58,60,61)/t36-,41+,46-/m1/s1. The number of hydrogen-bond donors (Lipinski definition) is 4. The number of rotatable bonds is 21. The second-order valence-corrected chi connectivity index (χ2v) is 20.8. The number of carbonyl (C=O) groups is 4. The fraction of sp³-hybridized carbons (Fsp3) is 0.481. The number of aryl methyl sites for hydroxylation is 1. The number of fused-ring (bicyclic) bond motifs is 1. The molecule has 5 heterocycles. The Labute approximate surface area is 430 Å². The van der Waals surface area contributed by atoms with E-state index in [1.807, 2.05) is 72.5 Å². The number of aliphatic hydroxyl groups excluding tert-OH is 1. The van der Waals surface area contributed by atoms with Gasteiger partial charge in [-0.1, -0.05) is 50.2 Å².